The second kappa shape index (κ2) is 11.2. The van der Waals surface area contributed by atoms with Crippen LogP contribution in [0.2, 0.25) is 5.02 Å². The fourth-order valence-electron chi connectivity index (χ4n) is 3.01. The third-order valence-corrected chi connectivity index (χ3v) is 6.07. The van der Waals surface area contributed by atoms with Crippen LogP contribution < -0.4 is 15.4 Å². The molecule has 0 saturated carbocycles. The number of anilines is 1. The number of methoxy groups -OCH3 is 1. The van der Waals surface area contributed by atoms with Gasteiger partial charge in [0.15, 0.2) is 11.0 Å². The van der Waals surface area contributed by atoms with Gasteiger partial charge in [-0.05, 0) is 55.0 Å². The molecule has 0 aliphatic rings. The smallest absolute Gasteiger partial charge is 0.251 e. The Balaban J connectivity index is 1.61. The van der Waals surface area contributed by atoms with Crippen LogP contribution in [0.1, 0.15) is 27.8 Å². The Kier molecular flexibility index (Phi) is 8.32. The van der Waals surface area contributed by atoms with Gasteiger partial charge in [-0.2, -0.15) is 0 Å². The van der Waals surface area contributed by atoms with Crippen LogP contribution >= 0.6 is 23.4 Å². The number of aliphatic hydroxyl groups is 1. The van der Waals surface area contributed by atoms with Crippen LogP contribution in [0, 0.1) is 6.92 Å². The molecule has 0 aliphatic carbocycles. The van der Waals surface area contributed by atoms with Gasteiger partial charge in [-0.25, -0.2) is 0 Å². The van der Waals surface area contributed by atoms with Crippen molar-refractivity contribution in [1.29, 1.82) is 0 Å². The molecule has 0 aliphatic heterocycles. The van der Waals surface area contributed by atoms with E-state index in [1.165, 1.54) is 11.8 Å². The van der Waals surface area contributed by atoms with Gasteiger partial charge in [0, 0.05) is 23.3 Å². The average Bonchev–Trinajstić information content (AvgIpc) is 3.18. The van der Waals surface area contributed by atoms with Crippen molar-refractivity contribution in [2.24, 2.45) is 7.05 Å². The number of amides is 2. The van der Waals surface area contributed by atoms with Gasteiger partial charge >= 0.3 is 0 Å². The van der Waals surface area contributed by atoms with E-state index in [4.69, 9.17) is 16.3 Å². The summed E-state index contributed by atoms with van der Waals surface area (Å²) in [5, 5.41) is 24.7. The number of aromatic nitrogens is 3. The minimum atomic E-state index is -0.767. The summed E-state index contributed by atoms with van der Waals surface area (Å²) in [6.07, 6.45) is 0. The number of carbonyl (C=O) groups is 2. The van der Waals surface area contributed by atoms with E-state index in [1.54, 1.807) is 61.2 Å². The zero-order valence-corrected chi connectivity index (χ0v) is 19.9. The maximum Gasteiger partial charge on any atom is 0.251 e. The number of aryl methyl sites for hydroxylation is 1. The van der Waals surface area contributed by atoms with Crippen molar-refractivity contribution in [2.45, 2.75) is 18.1 Å². The molecule has 0 spiro atoms. The molecule has 1 aromatic heterocycles. The van der Waals surface area contributed by atoms with Gasteiger partial charge in [0.1, 0.15) is 11.8 Å². The molecule has 11 heteroatoms. The van der Waals surface area contributed by atoms with E-state index >= 15 is 0 Å². The first-order valence-electron chi connectivity index (χ1n) is 9.96. The Morgan fingerprint density at radius 2 is 1.94 bits per heavy atom. The number of aliphatic hydroxyl groups excluding tert-OH is 1. The molecule has 0 radical (unpaired) electrons. The molecule has 1 atom stereocenters. The lowest BCUT2D eigenvalue weighted by molar-refractivity contribution is -0.113. The van der Waals surface area contributed by atoms with Crippen LogP contribution in [0.15, 0.2) is 47.6 Å². The molecular weight excluding hydrogens is 466 g/mol. The first-order chi connectivity index (χ1) is 15.8. The predicted molar refractivity (Wildman–Crippen MR) is 127 cm³/mol. The molecule has 3 aromatic rings. The van der Waals surface area contributed by atoms with E-state index in [0.29, 0.717) is 33.0 Å². The Hall–Kier alpha value is -3.08. The van der Waals surface area contributed by atoms with Crippen LogP contribution in [0.25, 0.3) is 0 Å². The van der Waals surface area contributed by atoms with Crippen molar-refractivity contribution >= 4 is 40.9 Å². The number of thioether (sulfide) groups is 1. The molecule has 9 nitrogen and oxygen atoms in total. The number of hydrogen-bond acceptors (Lipinski definition) is 7. The molecule has 0 bridgehead atoms. The molecule has 33 heavy (non-hydrogen) atoms. The van der Waals surface area contributed by atoms with Crippen LogP contribution in [0.5, 0.6) is 5.75 Å². The highest BCUT2D eigenvalue weighted by Crippen LogP contribution is 2.22. The zero-order chi connectivity index (χ0) is 24.0. The number of carbonyl (C=O) groups excluding carboxylic acids is 2. The summed E-state index contributed by atoms with van der Waals surface area (Å²) in [5.41, 5.74) is 1.96. The van der Waals surface area contributed by atoms with Crippen LogP contribution in [-0.2, 0) is 11.8 Å². The highest BCUT2D eigenvalue weighted by atomic mass is 35.5. The van der Waals surface area contributed by atoms with Gasteiger partial charge in [0.05, 0.1) is 19.5 Å². The number of nitrogens with one attached hydrogen (secondary N) is 2. The molecule has 1 heterocycles. The number of benzene rings is 2. The number of ether oxygens (including phenoxy) is 1. The number of nitrogens with zero attached hydrogens (tertiary/aromatic N) is 3. The minimum Gasteiger partial charge on any atom is -0.497 e. The quantitative estimate of drug-likeness (QED) is 0.395. The number of rotatable bonds is 9. The summed E-state index contributed by atoms with van der Waals surface area (Å²) < 4.78 is 6.73. The molecule has 3 rings (SSSR count). The summed E-state index contributed by atoms with van der Waals surface area (Å²) in [5.74, 6) is 0.537. The normalized spacial score (nSPS) is 11.7. The van der Waals surface area contributed by atoms with E-state index < -0.39 is 6.04 Å². The minimum absolute atomic E-state index is 0.107. The molecule has 3 N–H and O–H groups in total. The summed E-state index contributed by atoms with van der Waals surface area (Å²) in [6, 6.07) is 11.1. The Morgan fingerprint density at radius 1 is 1.21 bits per heavy atom. The Morgan fingerprint density at radius 3 is 2.58 bits per heavy atom. The van der Waals surface area contributed by atoms with Crippen LogP contribution in [0.3, 0.4) is 0 Å². The summed E-state index contributed by atoms with van der Waals surface area (Å²) in [7, 11) is 3.25. The molecule has 0 fully saturated rings. The molecule has 2 aromatic carbocycles. The molecule has 0 unspecified atom stereocenters. The summed E-state index contributed by atoms with van der Waals surface area (Å²) >= 11 is 7.14. The van der Waals surface area contributed by atoms with Gasteiger partial charge in [0.2, 0.25) is 5.91 Å². The first kappa shape index (κ1) is 24.6. The van der Waals surface area contributed by atoms with Crippen molar-refractivity contribution in [3.8, 4) is 5.75 Å². The van der Waals surface area contributed by atoms with Crippen molar-refractivity contribution in [3.05, 3.63) is 64.4 Å². The average molecular weight is 490 g/mol. The van der Waals surface area contributed by atoms with Crippen molar-refractivity contribution in [1.82, 2.24) is 20.1 Å². The maximum atomic E-state index is 12.6. The Bertz CT molecular complexity index is 1140. The maximum absolute atomic E-state index is 12.6. The lowest BCUT2D eigenvalue weighted by Gasteiger charge is -2.16. The topological polar surface area (TPSA) is 118 Å². The molecular formula is C22H24ClN5O4S. The molecule has 2 amide bonds. The second-order valence-electron chi connectivity index (χ2n) is 7.13. The van der Waals surface area contributed by atoms with Gasteiger partial charge in [0.25, 0.3) is 5.91 Å². The SMILES string of the molecule is COc1ccc(C(=O)N[C@H](CO)c2nnc(SCC(=O)Nc3ccc(Cl)cc3C)n2C)cc1. The monoisotopic (exact) mass is 489 g/mol. The number of hydrogen-bond donors (Lipinski definition) is 3. The van der Waals surface area contributed by atoms with Crippen molar-refractivity contribution < 1.29 is 19.4 Å². The largest absolute Gasteiger partial charge is 0.497 e. The molecule has 174 valence electrons. The van der Waals surface area contributed by atoms with Gasteiger partial charge < -0.3 is 25.0 Å². The standard InChI is InChI=1S/C22H24ClN5O4S/c1-13-10-15(23)6-9-17(13)24-19(30)12-33-22-27-26-20(28(22)2)18(11-29)25-21(31)14-4-7-16(32-3)8-5-14/h4-10,18,29H,11-12H2,1-3H3,(H,24,30)(H,25,31)/t18-/m1/s1. The van der Waals surface area contributed by atoms with E-state index in [0.717, 1.165) is 5.56 Å². The highest BCUT2D eigenvalue weighted by Gasteiger charge is 2.22. The summed E-state index contributed by atoms with van der Waals surface area (Å²) in [4.78, 5) is 24.9. The summed E-state index contributed by atoms with van der Waals surface area (Å²) in [6.45, 7) is 1.49. The van der Waals surface area contributed by atoms with Crippen LogP contribution in [0.4, 0.5) is 5.69 Å². The van der Waals surface area contributed by atoms with Crippen molar-refractivity contribution in [3.63, 3.8) is 0 Å². The van der Waals surface area contributed by atoms with E-state index in [-0.39, 0.29) is 24.2 Å². The molecule has 0 saturated heterocycles. The lowest BCUT2D eigenvalue weighted by Crippen LogP contribution is -2.32. The van der Waals surface area contributed by atoms with Crippen LogP contribution in [-0.4, -0.2) is 51.2 Å². The fraction of sp³-hybridized carbons (Fsp3) is 0.273. The second-order valence-corrected chi connectivity index (χ2v) is 8.51. The number of halogens is 1. The van der Waals surface area contributed by atoms with E-state index in [1.807, 2.05) is 6.92 Å². The zero-order valence-electron chi connectivity index (χ0n) is 18.3. The van der Waals surface area contributed by atoms with Gasteiger partial charge in [-0.15, -0.1) is 10.2 Å². The van der Waals surface area contributed by atoms with Crippen molar-refractivity contribution in [2.75, 3.05) is 24.8 Å². The lowest BCUT2D eigenvalue weighted by atomic mass is 10.2. The Labute approximate surface area is 200 Å². The van der Waals surface area contributed by atoms with Gasteiger partial charge in [-0.3, -0.25) is 9.59 Å². The predicted octanol–water partition coefficient (Wildman–Crippen LogP) is 2.98. The van der Waals surface area contributed by atoms with E-state index in [9.17, 15) is 14.7 Å². The third kappa shape index (κ3) is 6.25. The first-order valence-corrected chi connectivity index (χ1v) is 11.3. The third-order valence-electron chi connectivity index (χ3n) is 4.82. The van der Waals surface area contributed by atoms with E-state index in [2.05, 4.69) is 20.8 Å². The highest BCUT2D eigenvalue weighted by molar-refractivity contribution is 7.99. The van der Waals surface area contributed by atoms with Gasteiger partial charge in [-0.1, -0.05) is 23.4 Å². The fourth-order valence-corrected chi connectivity index (χ4v) is 3.96.